The van der Waals surface area contributed by atoms with Gasteiger partial charge in [-0.3, -0.25) is 9.69 Å². The Hall–Kier alpha value is -4.37. The van der Waals surface area contributed by atoms with Gasteiger partial charge in [0.25, 0.3) is 0 Å². The molecule has 0 radical (unpaired) electrons. The summed E-state index contributed by atoms with van der Waals surface area (Å²) in [5, 5.41) is 16.8. The van der Waals surface area contributed by atoms with Crippen LogP contribution in [0.15, 0.2) is 90.0 Å². The Balaban J connectivity index is 1.25. The van der Waals surface area contributed by atoms with Crippen molar-refractivity contribution in [1.82, 2.24) is 24.6 Å². The molecule has 1 aliphatic rings. The van der Waals surface area contributed by atoms with E-state index in [9.17, 15) is 14.7 Å². The summed E-state index contributed by atoms with van der Waals surface area (Å²) in [7, 11) is 0. The average Bonchev–Trinajstić information content (AvgIpc) is 3.35. The van der Waals surface area contributed by atoms with Gasteiger partial charge in [0.05, 0.1) is 11.7 Å². The molecule has 3 aromatic carbocycles. The highest BCUT2D eigenvalue weighted by molar-refractivity contribution is 5.83. The number of nitrogens with one attached hydrogen (secondary N) is 1. The molecule has 0 aliphatic carbocycles. The molecule has 9 heteroatoms. The number of nitrogens with zero attached hydrogens (tertiary/aromatic N) is 5. The maximum Gasteiger partial charge on any atom is 0.350 e. The van der Waals surface area contributed by atoms with Gasteiger partial charge < -0.3 is 15.3 Å². The Morgan fingerprint density at radius 1 is 0.897 bits per heavy atom. The van der Waals surface area contributed by atoms with Crippen LogP contribution in [0.1, 0.15) is 37.1 Å². The summed E-state index contributed by atoms with van der Waals surface area (Å²) in [5.41, 5.74) is 3.60. The van der Waals surface area contributed by atoms with E-state index >= 15 is 0 Å². The molecule has 2 N–H and O–H groups in total. The van der Waals surface area contributed by atoms with Crippen LogP contribution >= 0.6 is 0 Å². The molecule has 0 spiro atoms. The molecule has 5 rings (SSSR count). The Morgan fingerprint density at radius 3 is 2.15 bits per heavy atom. The summed E-state index contributed by atoms with van der Waals surface area (Å²) in [4.78, 5) is 30.6. The van der Waals surface area contributed by atoms with E-state index in [1.807, 2.05) is 80.6 Å². The standard InChI is InChI=1S/C30H34N6O3/c1-22(2)36-30(39)35(21-32-36)26-12-10-25(11-13-26)33-16-18-34(19-17-33)28(24-6-4-3-5-7-24)29(38)31-20-23-8-14-27(37)15-9-23/h3-15,21-22,28,37H,16-20H2,1-2H3,(H,31,38). The van der Waals surface area contributed by atoms with Gasteiger partial charge in [0, 0.05) is 38.4 Å². The normalized spacial score (nSPS) is 14.9. The first-order chi connectivity index (χ1) is 18.9. The molecule has 1 aromatic heterocycles. The van der Waals surface area contributed by atoms with Crippen molar-refractivity contribution in [3.05, 3.63) is 107 Å². The molecule has 0 saturated carbocycles. The highest BCUT2D eigenvalue weighted by Crippen LogP contribution is 2.25. The first-order valence-electron chi connectivity index (χ1n) is 13.3. The van der Waals surface area contributed by atoms with E-state index in [0.717, 1.165) is 48.7 Å². The van der Waals surface area contributed by atoms with Crippen LogP contribution in [0.4, 0.5) is 5.69 Å². The van der Waals surface area contributed by atoms with Gasteiger partial charge in [-0.25, -0.2) is 14.0 Å². The molecule has 1 saturated heterocycles. The molecular weight excluding hydrogens is 492 g/mol. The topological polar surface area (TPSA) is 95.6 Å². The van der Waals surface area contributed by atoms with Gasteiger partial charge >= 0.3 is 5.69 Å². The van der Waals surface area contributed by atoms with Gasteiger partial charge in [0.1, 0.15) is 18.1 Å². The predicted molar refractivity (Wildman–Crippen MR) is 151 cm³/mol. The second-order valence-corrected chi connectivity index (χ2v) is 10.1. The highest BCUT2D eigenvalue weighted by atomic mass is 16.3. The third-order valence-corrected chi connectivity index (χ3v) is 7.12. The number of phenols is 1. The number of anilines is 1. The Labute approximate surface area is 227 Å². The average molecular weight is 527 g/mol. The number of rotatable bonds is 8. The van der Waals surface area contributed by atoms with E-state index in [2.05, 4.69) is 20.2 Å². The van der Waals surface area contributed by atoms with Crippen LogP contribution in [0.5, 0.6) is 5.75 Å². The van der Waals surface area contributed by atoms with Gasteiger partial charge in [-0.15, -0.1) is 0 Å². The fourth-order valence-electron chi connectivity index (χ4n) is 4.97. The van der Waals surface area contributed by atoms with Crippen LogP contribution in [0.25, 0.3) is 5.69 Å². The highest BCUT2D eigenvalue weighted by Gasteiger charge is 2.30. The smallest absolute Gasteiger partial charge is 0.350 e. The van der Waals surface area contributed by atoms with Crippen molar-refractivity contribution in [1.29, 1.82) is 0 Å². The molecule has 0 bridgehead atoms. The maximum absolute atomic E-state index is 13.4. The second kappa shape index (κ2) is 11.6. The molecule has 202 valence electrons. The van der Waals surface area contributed by atoms with Gasteiger partial charge in [-0.2, -0.15) is 5.10 Å². The molecule has 39 heavy (non-hydrogen) atoms. The molecular formula is C30H34N6O3. The number of amides is 1. The van der Waals surface area contributed by atoms with Crippen molar-refractivity contribution >= 4 is 11.6 Å². The van der Waals surface area contributed by atoms with E-state index < -0.39 is 6.04 Å². The fourth-order valence-corrected chi connectivity index (χ4v) is 4.97. The van der Waals surface area contributed by atoms with Crippen LogP contribution < -0.4 is 15.9 Å². The number of benzene rings is 3. The van der Waals surface area contributed by atoms with Crippen LogP contribution in [-0.4, -0.2) is 56.4 Å². The molecule has 1 unspecified atom stereocenters. The van der Waals surface area contributed by atoms with E-state index in [0.29, 0.717) is 6.54 Å². The predicted octanol–water partition coefficient (Wildman–Crippen LogP) is 3.50. The van der Waals surface area contributed by atoms with Gasteiger partial charge in [-0.05, 0) is 61.4 Å². The minimum absolute atomic E-state index is 0.00363. The zero-order chi connectivity index (χ0) is 27.4. The molecule has 2 heterocycles. The molecule has 1 amide bonds. The molecule has 4 aromatic rings. The Kier molecular flexibility index (Phi) is 7.79. The summed E-state index contributed by atoms with van der Waals surface area (Å²) in [6, 6.07) is 24.3. The molecule has 1 atom stereocenters. The van der Waals surface area contributed by atoms with Crippen LogP contribution in [0.2, 0.25) is 0 Å². The largest absolute Gasteiger partial charge is 0.508 e. The van der Waals surface area contributed by atoms with Crippen molar-refractivity contribution in [2.24, 2.45) is 0 Å². The Morgan fingerprint density at radius 2 is 1.54 bits per heavy atom. The third kappa shape index (κ3) is 5.88. The van der Waals surface area contributed by atoms with Gasteiger partial charge in [0.15, 0.2) is 0 Å². The van der Waals surface area contributed by atoms with E-state index in [1.165, 1.54) is 4.68 Å². The first-order valence-corrected chi connectivity index (χ1v) is 13.3. The van der Waals surface area contributed by atoms with Crippen molar-refractivity contribution in [2.75, 3.05) is 31.1 Å². The zero-order valence-corrected chi connectivity index (χ0v) is 22.3. The minimum atomic E-state index is -0.391. The number of hydrogen-bond donors (Lipinski definition) is 2. The lowest BCUT2D eigenvalue weighted by molar-refractivity contribution is -0.127. The van der Waals surface area contributed by atoms with Crippen molar-refractivity contribution in [3.63, 3.8) is 0 Å². The molecule has 1 aliphatic heterocycles. The lowest BCUT2D eigenvalue weighted by atomic mass is 10.0. The lowest BCUT2D eigenvalue weighted by Gasteiger charge is -2.39. The SMILES string of the molecule is CC(C)n1ncn(-c2ccc(N3CCN(C(C(=O)NCc4ccc(O)cc4)c4ccccc4)CC3)cc2)c1=O. The summed E-state index contributed by atoms with van der Waals surface area (Å²) >= 11 is 0. The number of hydrogen-bond acceptors (Lipinski definition) is 6. The fraction of sp³-hybridized carbons (Fsp3) is 0.300. The second-order valence-electron chi connectivity index (χ2n) is 10.1. The number of phenolic OH excluding ortho intramolecular Hbond substituents is 1. The molecule has 9 nitrogen and oxygen atoms in total. The van der Waals surface area contributed by atoms with Gasteiger partial charge in [0.2, 0.25) is 5.91 Å². The van der Waals surface area contributed by atoms with Crippen LogP contribution in [0, 0.1) is 0 Å². The number of carbonyl (C=O) groups excluding carboxylic acids is 1. The number of carbonyl (C=O) groups is 1. The van der Waals surface area contributed by atoms with E-state index in [4.69, 9.17) is 0 Å². The van der Waals surface area contributed by atoms with Crippen LogP contribution in [-0.2, 0) is 11.3 Å². The lowest BCUT2D eigenvalue weighted by Crippen LogP contribution is -2.51. The number of piperazine rings is 1. The summed E-state index contributed by atoms with van der Waals surface area (Å²) in [6.07, 6.45) is 1.56. The van der Waals surface area contributed by atoms with Crippen molar-refractivity contribution in [2.45, 2.75) is 32.5 Å². The number of aromatic hydroxyl groups is 1. The zero-order valence-electron chi connectivity index (χ0n) is 22.3. The third-order valence-electron chi connectivity index (χ3n) is 7.12. The monoisotopic (exact) mass is 526 g/mol. The summed E-state index contributed by atoms with van der Waals surface area (Å²) in [5.74, 6) is 0.162. The quantitative estimate of drug-likeness (QED) is 0.365. The van der Waals surface area contributed by atoms with E-state index in [1.54, 1.807) is 23.0 Å². The summed E-state index contributed by atoms with van der Waals surface area (Å²) < 4.78 is 3.03. The Bertz CT molecular complexity index is 1440. The summed E-state index contributed by atoms with van der Waals surface area (Å²) in [6.45, 7) is 7.28. The van der Waals surface area contributed by atoms with Crippen molar-refractivity contribution in [3.8, 4) is 11.4 Å². The first kappa shape index (κ1) is 26.2. The van der Waals surface area contributed by atoms with Crippen LogP contribution in [0.3, 0.4) is 0 Å². The number of aromatic nitrogens is 3. The van der Waals surface area contributed by atoms with Gasteiger partial charge in [-0.1, -0.05) is 42.5 Å². The van der Waals surface area contributed by atoms with E-state index in [-0.39, 0.29) is 23.4 Å². The van der Waals surface area contributed by atoms with Crippen molar-refractivity contribution < 1.29 is 9.90 Å². The minimum Gasteiger partial charge on any atom is -0.508 e. The molecule has 1 fully saturated rings. The maximum atomic E-state index is 13.4.